The Morgan fingerprint density at radius 1 is 1.32 bits per heavy atom. The number of imidazole rings is 1. The van der Waals surface area contributed by atoms with E-state index in [4.69, 9.17) is 0 Å². The molecule has 0 aliphatic rings. The molecule has 0 atom stereocenters. The van der Waals surface area contributed by atoms with Crippen LogP contribution in [0.25, 0.3) is 0 Å². The smallest absolute Gasteiger partial charge is 0.202 e. The number of nitrogens with one attached hydrogen (secondary N) is 1. The van der Waals surface area contributed by atoms with Crippen molar-refractivity contribution in [2.45, 2.75) is 26.8 Å². The van der Waals surface area contributed by atoms with Gasteiger partial charge in [0.15, 0.2) is 0 Å². The number of halogens is 1. The highest BCUT2D eigenvalue weighted by Crippen LogP contribution is 2.11. The first kappa shape index (κ1) is 13.6. The molecule has 0 bridgehead atoms. The van der Waals surface area contributed by atoms with Crippen LogP contribution in [0.15, 0.2) is 36.7 Å². The molecule has 19 heavy (non-hydrogen) atoms. The van der Waals surface area contributed by atoms with Crippen LogP contribution in [0, 0.1) is 11.7 Å². The van der Waals surface area contributed by atoms with Gasteiger partial charge in [0, 0.05) is 25.5 Å². The summed E-state index contributed by atoms with van der Waals surface area (Å²) in [6, 6.07) is 6.91. The van der Waals surface area contributed by atoms with E-state index in [1.54, 1.807) is 12.3 Å². The third-order valence-electron chi connectivity index (χ3n) is 2.96. The Kier molecular flexibility index (Phi) is 4.55. The maximum atomic E-state index is 13.5. The minimum atomic E-state index is -0.140. The lowest BCUT2D eigenvalue weighted by Crippen LogP contribution is -2.13. The van der Waals surface area contributed by atoms with Gasteiger partial charge in [0.05, 0.1) is 0 Å². The van der Waals surface area contributed by atoms with Crippen molar-refractivity contribution in [3.05, 3.63) is 48.0 Å². The molecule has 1 N–H and O–H groups in total. The number of hydrogen-bond acceptors (Lipinski definition) is 2. The highest BCUT2D eigenvalue weighted by molar-refractivity contribution is 5.26. The number of anilines is 1. The van der Waals surface area contributed by atoms with Crippen LogP contribution in [0.1, 0.15) is 19.4 Å². The Morgan fingerprint density at radius 3 is 2.84 bits per heavy atom. The molecule has 3 nitrogen and oxygen atoms in total. The Morgan fingerprint density at radius 2 is 2.11 bits per heavy atom. The highest BCUT2D eigenvalue weighted by atomic mass is 19.1. The molecule has 102 valence electrons. The molecule has 0 saturated carbocycles. The maximum Gasteiger partial charge on any atom is 0.202 e. The second kappa shape index (κ2) is 6.36. The lowest BCUT2D eigenvalue weighted by molar-refractivity contribution is 0.593. The largest absolute Gasteiger partial charge is 0.355 e. The minimum absolute atomic E-state index is 0.140. The predicted molar refractivity (Wildman–Crippen MR) is 75.7 cm³/mol. The lowest BCUT2D eigenvalue weighted by Gasteiger charge is -2.11. The van der Waals surface area contributed by atoms with Gasteiger partial charge < -0.3 is 9.88 Å². The number of rotatable bonds is 6. The van der Waals surface area contributed by atoms with E-state index in [-0.39, 0.29) is 5.82 Å². The Hall–Kier alpha value is -1.84. The summed E-state index contributed by atoms with van der Waals surface area (Å²) in [4.78, 5) is 4.28. The number of benzene rings is 1. The molecule has 2 aromatic rings. The van der Waals surface area contributed by atoms with Gasteiger partial charge in [0.25, 0.3) is 0 Å². The number of aryl methyl sites for hydroxylation is 2. The van der Waals surface area contributed by atoms with Crippen molar-refractivity contribution in [2.24, 2.45) is 5.92 Å². The summed E-state index contributed by atoms with van der Waals surface area (Å²) < 4.78 is 15.6. The van der Waals surface area contributed by atoms with E-state index in [1.165, 1.54) is 6.07 Å². The van der Waals surface area contributed by atoms with E-state index in [2.05, 4.69) is 24.1 Å². The van der Waals surface area contributed by atoms with Crippen molar-refractivity contribution in [1.29, 1.82) is 0 Å². The highest BCUT2D eigenvalue weighted by Gasteiger charge is 2.05. The number of aromatic nitrogens is 2. The first-order valence-electron chi connectivity index (χ1n) is 6.65. The third kappa shape index (κ3) is 3.81. The van der Waals surface area contributed by atoms with Gasteiger partial charge in [-0.2, -0.15) is 0 Å². The van der Waals surface area contributed by atoms with Gasteiger partial charge in [-0.3, -0.25) is 0 Å². The maximum absolute atomic E-state index is 13.5. The molecule has 0 spiro atoms. The van der Waals surface area contributed by atoms with Crippen LogP contribution < -0.4 is 5.32 Å². The van der Waals surface area contributed by atoms with E-state index < -0.39 is 0 Å². The first-order chi connectivity index (χ1) is 9.16. The fourth-order valence-electron chi connectivity index (χ4n) is 1.89. The van der Waals surface area contributed by atoms with Crippen molar-refractivity contribution >= 4 is 5.95 Å². The van der Waals surface area contributed by atoms with Gasteiger partial charge in [0.1, 0.15) is 5.82 Å². The third-order valence-corrected chi connectivity index (χ3v) is 2.96. The molecule has 0 fully saturated rings. The summed E-state index contributed by atoms with van der Waals surface area (Å²) in [6.45, 7) is 5.91. The molecule has 1 aromatic heterocycles. The number of nitrogens with zero attached hydrogens (tertiary/aromatic N) is 2. The van der Waals surface area contributed by atoms with Crippen molar-refractivity contribution < 1.29 is 4.39 Å². The normalized spacial score (nSPS) is 10.9. The topological polar surface area (TPSA) is 29.9 Å². The molecule has 0 unspecified atom stereocenters. The zero-order chi connectivity index (χ0) is 13.7. The van der Waals surface area contributed by atoms with Crippen LogP contribution in [0.5, 0.6) is 0 Å². The monoisotopic (exact) mass is 261 g/mol. The molecule has 0 saturated heterocycles. The summed E-state index contributed by atoms with van der Waals surface area (Å²) >= 11 is 0. The second-order valence-electron chi connectivity index (χ2n) is 5.06. The SMILES string of the molecule is CC(C)CNc1nccn1CCc1ccccc1F. The van der Waals surface area contributed by atoms with Crippen molar-refractivity contribution in [3.8, 4) is 0 Å². The summed E-state index contributed by atoms with van der Waals surface area (Å²) in [5.41, 5.74) is 0.742. The zero-order valence-corrected chi connectivity index (χ0v) is 11.4. The fourth-order valence-corrected chi connectivity index (χ4v) is 1.89. The van der Waals surface area contributed by atoms with E-state index in [9.17, 15) is 4.39 Å². The molecular formula is C15H20FN3. The molecule has 0 radical (unpaired) electrons. The average molecular weight is 261 g/mol. The lowest BCUT2D eigenvalue weighted by atomic mass is 10.1. The van der Waals surface area contributed by atoms with Gasteiger partial charge in [0.2, 0.25) is 5.95 Å². The summed E-state index contributed by atoms with van der Waals surface area (Å²) in [5, 5.41) is 3.30. The summed E-state index contributed by atoms with van der Waals surface area (Å²) in [5.74, 6) is 1.28. The zero-order valence-electron chi connectivity index (χ0n) is 11.4. The quantitative estimate of drug-likeness (QED) is 0.864. The van der Waals surface area contributed by atoms with E-state index in [0.29, 0.717) is 12.3 Å². The Balaban J connectivity index is 1.96. The van der Waals surface area contributed by atoms with Crippen molar-refractivity contribution in [1.82, 2.24) is 9.55 Å². The molecule has 1 aromatic carbocycles. The van der Waals surface area contributed by atoms with E-state index >= 15 is 0 Å². The predicted octanol–water partition coefficient (Wildman–Crippen LogP) is 3.33. The van der Waals surface area contributed by atoms with Gasteiger partial charge >= 0.3 is 0 Å². The molecule has 0 aliphatic carbocycles. The van der Waals surface area contributed by atoms with Crippen molar-refractivity contribution in [2.75, 3.05) is 11.9 Å². The Labute approximate surface area is 113 Å². The summed E-state index contributed by atoms with van der Waals surface area (Å²) in [6.07, 6.45) is 4.35. The van der Waals surface area contributed by atoms with Crippen LogP contribution in [0.2, 0.25) is 0 Å². The van der Waals surface area contributed by atoms with E-state index in [1.807, 2.05) is 22.9 Å². The van der Waals surface area contributed by atoms with Crippen LogP contribution in [0.4, 0.5) is 10.3 Å². The number of hydrogen-bond donors (Lipinski definition) is 1. The van der Waals surface area contributed by atoms with Crippen LogP contribution in [-0.4, -0.2) is 16.1 Å². The van der Waals surface area contributed by atoms with Crippen LogP contribution >= 0.6 is 0 Å². The minimum Gasteiger partial charge on any atom is -0.355 e. The van der Waals surface area contributed by atoms with Gasteiger partial charge in [-0.05, 0) is 24.0 Å². The molecule has 2 rings (SSSR count). The van der Waals surface area contributed by atoms with Gasteiger partial charge in [-0.1, -0.05) is 32.0 Å². The van der Waals surface area contributed by atoms with E-state index in [0.717, 1.165) is 24.6 Å². The molecule has 4 heteroatoms. The van der Waals surface area contributed by atoms with Gasteiger partial charge in [-0.25, -0.2) is 9.37 Å². The molecular weight excluding hydrogens is 241 g/mol. The van der Waals surface area contributed by atoms with Crippen molar-refractivity contribution in [3.63, 3.8) is 0 Å². The summed E-state index contributed by atoms with van der Waals surface area (Å²) in [7, 11) is 0. The van der Waals surface area contributed by atoms with Crippen LogP contribution in [-0.2, 0) is 13.0 Å². The first-order valence-corrected chi connectivity index (χ1v) is 6.65. The molecule has 1 heterocycles. The standard InChI is InChI=1S/C15H20FN3/c1-12(2)11-18-15-17-8-10-19(15)9-7-13-5-3-4-6-14(13)16/h3-6,8,10,12H,7,9,11H2,1-2H3,(H,17,18). The average Bonchev–Trinajstić information content (AvgIpc) is 2.83. The fraction of sp³-hybridized carbons (Fsp3) is 0.400. The van der Waals surface area contributed by atoms with Gasteiger partial charge in [-0.15, -0.1) is 0 Å². The Bertz CT molecular complexity index is 520. The van der Waals surface area contributed by atoms with Crippen LogP contribution in [0.3, 0.4) is 0 Å². The molecule has 0 aliphatic heterocycles. The second-order valence-corrected chi connectivity index (χ2v) is 5.06. The molecule has 0 amide bonds.